The molecule has 0 aromatic rings. The zero-order valence-electron chi connectivity index (χ0n) is 14.5. The summed E-state index contributed by atoms with van der Waals surface area (Å²) in [6.07, 6.45) is 13.8. The number of fused-ring (bicyclic) bond motifs is 2. The second-order valence-corrected chi connectivity index (χ2v) is 8.19. The molecule has 1 nitrogen and oxygen atoms in total. The van der Waals surface area contributed by atoms with Gasteiger partial charge in [-0.1, -0.05) is 37.5 Å². The molecule has 0 aromatic carbocycles. The molecule has 122 valence electrons. The fraction of sp³-hybridized carbons (Fsp3) is 0.762. The Labute approximate surface area is 136 Å². The van der Waals surface area contributed by atoms with E-state index in [-0.39, 0.29) is 0 Å². The molecular formula is C21H32O. The number of carbonyl (C=O) groups excluding carboxylic acids is 1. The Kier molecular flexibility index (Phi) is 4.61. The van der Waals surface area contributed by atoms with Crippen LogP contribution in [0.5, 0.6) is 0 Å². The lowest BCUT2D eigenvalue weighted by molar-refractivity contribution is -0.119. The fourth-order valence-corrected chi connectivity index (χ4v) is 5.98. The number of Topliss-reactive ketones (excluding diaryl/α,β-unsaturated/α-hetero) is 1. The van der Waals surface area contributed by atoms with Crippen LogP contribution in [-0.2, 0) is 4.79 Å². The lowest BCUT2D eigenvalue weighted by Crippen LogP contribution is -2.44. The third-order valence-electron chi connectivity index (χ3n) is 7.08. The smallest absolute Gasteiger partial charge is 0.137 e. The van der Waals surface area contributed by atoms with Gasteiger partial charge in [-0.05, 0) is 68.1 Å². The normalized spacial score (nSPS) is 38.5. The number of hydrogen-bond donors (Lipinski definition) is 0. The number of ketones is 1. The molecule has 0 saturated heterocycles. The molecule has 0 unspecified atom stereocenters. The van der Waals surface area contributed by atoms with Gasteiger partial charge >= 0.3 is 0 Å². The maximum absolute atomic E-state index is 11.8. The molecule has 0 aromatic heterocycles. The molecule has 1 saturated carbocycles. The van der Waals surface area contributed by atoms with Crippen molar-refractivity contribution in [2.45, 2.75) is 78.1 Å². The van der Waals surface area contributed by atoms with Crippen LogP contribution in [-0.4, -0.2) is 5.78 Å². The zero-order valence-corrected chi connectivity index (χ0v) is 14.5. The molecule has 4 atom stereocenters. The largest absolute Gasteiger partial charge is 0.299 e. The van der Waals surface area contributed by atoms with E-state index < -0.39 is 0 Å². The molecule has 22 heavy (non-hydrogen) atoms. The van der Waals surface area contributed by atoms with Crippen LogP contribution in [0.4, 0.5) is 0 Å². The van der Waals surface area contributed by atoms with Gasteiger partial charge in [0.15, 0.2) is 0 Å². The minimum atomic E-state index is 0.482. The van der Waals surface area contributed by atoms with E-state index in [1.165, 1.54) is 38.5 Å². The van der Waals surface area contributed by atoms with Crippen LogP contribution in [0.3, 0.4) is 0 Å². The number of rotatable bonds is 4. The van der Waals surface area contributed by atoms with Crippen LogP contribution >= 0.6 is 0 Å². The quantitative estimate of drug-likeness (QED) is 0.595. The van der Waals surface area contributed by atoms with Crippen molar-refractivity contribution in [2.24, 2.45) is 23.2 Å². The van der Waals surface area contributed by atoms with Crippen molar-refractivity contribution < 1.29 is 4.79 Å². The molecule has 0 N–H and O–H groups in total. The second-order valence-electron chi connectivity index (χ2n) is 8.19. The topological polar surface area (TPSA) is 17.1 Å². The predicted molar refractivity (Wildman–Crippen MR) is 92.7 cm³/mol. The Morgan fingerprint density at radius 3 is 2.82 bits per heavy atom. The first kappa shape index (κ1) is 16.0. The van der Waals surface area contributed by atoms with Crippen molar-refractivity contribution in [1.82, 2.24) is 0 Å². The molecule has 3 aliphatic rings. The summed E-state index contributed by atoms with van der Waals surface area (Å²) < 4.78 is 0. The van der Waals surface area contributed by atoms with E-state index in [0.717, 1.165) is 43.4 Å². The predicted octanol–water partition coefficient (Wildman–Crippen LogP) is 5.85. The van der Waals surface area contributed by atoms with E-state index >= 15 is 0 Å². The SMILES string of the molecule is C=CCC[C@@]1(C)CC[C@@H]2C3=C(CC[C@H]2[C@@H]1CC)CC(=O)CC3. The summed E-state index contributed by atoms with van der Waals surface area (Å²) in [5, 5.41) is 0. The first-order valence-corrected chi connectivity index (χ1v) is 9.42. The molecule has 0 aliphatic heterocycles. The lowest BCUT2D eigenvalue weighted by atomic mass is 9.52. The summed E-state index contributed by atoms with van der Waals surface area (Å²) in [6, 6.07) is 0. The van der Waals surface area contributed by atoms with Crippen LogP contribution in [0.1, 0.15) is 78.1 Å². The molecule has 0 amide bonds. The molecule has 0 spiro atoms. The Balaban J connectivity index is 1.83. The highest BCUT2D eigenvalue weighted by molar-refractivity contribution is 5.82. The van der Waals surface area contributed by atoms with Gasteiger partial charge in [-0.3, -0.25) is 4.79 Å². The van der Waals surface area contributed by atoms with Crippen molar-refractivity contribution in [2.75, 3.05) is 0 Å². The summed E-state index contributed by atoms with van der Waals surface area (Å²) in [4.78, 5) is 11.8. The van der Waals surface area contributed by atoms with Crippen LogP contribution < -0.4 is 0 Å². The van der Waals surface area contributed by atoms with E-state index in [1.807, 2.05) is 0 Å². The lowest BCUT2D eigenvalue weighted by Gasteiger charge is -2.53. The standard InChI is InChI=1S/C21H32O/c1-4-6-12-21(3)13-11-18-17-10-8-16(22)14-15(17)7-9-19(18)20(21)5-2/h4,18-20H,1,5-14H2,2-3H3/t18-,19-,20+,21+/m1/s1. The molecule has 0 radical (unpaired) electrons. The minimum absolute atomic E-state index is 0.482. The highest BCUT2D eigenvalue weighted by Crippen LogP contribution is 2.57. The Morgan fingerprint density at radius 2 is 2.09 bits per heavy atom. The zero-order chi connectivity index (χ0) is 15.7. The van der Waals surface area contributed by atoms with Gasteiger partial charge in [0.1, 0.15) is 5.78 Å². The van der Waals surface area contributed by atoms with Crippen molar-refractivity contribution in [1.29, 1.82) is 0 Å². The Bertz CT molecular complexity index is 486. The van der Waals surface area contributed by atoms with E-state index in [4.69, 9.17) is 0 Å². The van der Waals surface area contributed by atoms with Gasteiger partial charge < -0.3 is 0 Å². The van der Waals surface area contributed by atoms with Gasteiger partial charge in [-0.25, -0.2) is 0 Å². The van der Waals surface area contributed by atoms with Gasteiger partial charge in [-0.2, -0.15) is 0 Å². The van der Waals surface area contributed by atoms with Crippen molar-refractivity contribution in [3.8, 4) is 0 Å². The average Bonchev–Trinajstić information content (AvgIpc) is 2.52. The van der Waals surface area contributed by atoms with Gasteiger partial charge in [-0.15, -0.1) is 6.58 Å². The molecule has 3 aliphatic carbocycles. The van der Waals surface area contributed by atoms with Crippen LogP contribution in [0.15, 0.2) is 23.8 Å². The van der Waals surface area contributed by atoms with Gasteiger partial charge in [0.2, 0.25) is 0 Å². The van der Waals surface area contributed by atoms with E-state index in [0.29, 0.717) is 11.2 Å². The molecule has 3 rings (SSSR count). The highest BCUT2D eigenvalue weighted by Gasteiger charge is 2.47. The van der Waals surface area contributed by atoms with Crippen molar-refractivity contribution in [3.63, 3.8) is 0 Å². The second kappa shape index (κ2) is 6.34. The molecule has 1 heteroatoms. The van der Waals surface area contributed by atoms with Crippen LogP contribution in [0.25, 0.3) is 0 Å². The average molecular weight is 300 g/mol. The molecular weight excluding hydrogens is 268 g/mol. The van der Waals surface area contributed by atoms with Gasteiger partial charge in [0.05, 0.1) is 0 Å². The van der Waals surface area contributed by atoms with E-state index in [1.54, 1.807) is 11.1 Å². The summed E-state index contributed by atoms with van der Waals surface area (Å²) in [5.41, 5.74) is 3.77. The number of carbonyl (C=O) groups is 1. The molecule has 1 fully saturated rings. The van der Waals surface area contributed by atoms with Gasteiger partial charge in [0.25, 0.3) is 0 Å². The minimum Gasteiger partial charge on any atom is -0.299 e. The van der Waals surface area contributed by atoms with E-state index in [2.05, 4.69) is 26.5 Å². The number of hydrogen-bond acceptors (Lipinski definition) is 1. The van der Waals surface area contributed by atoms with E-state index in [9.17, 15) is 4.79 Å². The summed E-state index contributed by atoms with van der Waals surface area (Å²) in [7, 11) is 0. The van der Waals surface area contributed by atoms with Crippen LogP contribution in [0.2, 0.25) is 0 Å². The first-order chi connectivity index (χ1) is 10.6. The molecule has 0 heterocycles. The third kappa shape index (κ3) is 2.72. The summed E-state index contributed by atoms with van der Waals surface area (Å²) >= 11 is 0. The van der Waals surface area contributed by atoms with Crippen molar-refractivity contribution in [3.05, 3.63) is 23.8 Å². The first-order valence-electron chi connectivity index (χ1n) is 9.42. The summed E-state index contributed by atoms with van der Waals surface area (Å²) in [5.74, 6) is 3.02. The maximum atomic E-state index is 11.8. The van der Waals surface area contributed by atoms with Crippen LogP contribution in [0, 0.1) is 23.2 Å². The Hall–Kier alpha value is -0.850. The third-order valence-corrected chi connectivity index (χ3v) is 7.08. The highest BCUT2D eigenvalue weighted by atomic mass is 16.1. The maximum Gasteiger partial charge on any atom is 0.137 e. The molecule has 0 bridgehead atoms. The Morgan fingerprint density at radius 1 is 1.27 bits per heavy atom. The fourth-order valence-electron chi connectivity index (χ4n) is 5.98. The monoisotopic (exact) mass is 300 g/mol. The number of allylic oxidation sites excluding steroid dienone is 3. The van der Waals surface area contributed by atoms with Gasteiger partial charge in [0, 0.05) is 12.8 Å². The van der Waals surface area contributed by atoms with Crippen molar-refractivity contribution >= 4 is 5.78 Å². The summed E-state index contributed by atoms with van der Waals surface area (Å²) in [6.45, 7) is 8.86.